The maximum Gasteiger partial charge on any atom is 0.163 e. The van der Waals surface area contributed by atoms with Crippen molar-refractivity contribution in [2.24, 2.45) is 0 Å². The summed E-state index contributed by atoms with van der Waals surface area (Å²) in [4.78, 5) is 11.7. The molecule has 0 unspecified atom stereocenters. The lowest BCUT2D eigenvalue weighted by atomic mass is 9.85. The zero-order valence-electron chi connectivity index (χ0n) is 20.1. The quantitative estimate of drug-likeness (QED) is 0.212. The number of hydrogen-bond acceptors (Lipinski definition) is 5. The molecule has 5 nitrogen and oxygen atoms in total. The van der Waals surface area contributed by atoms with Crippen molar-refractivity contribution in [2.75, 3.05) is 6.61 Å². The fraction of sp³-hybridized carbons (Fsp3) is 0.519. The van der Waals surface area contributed by atoms with Gasteiger partial charge in [-0.1, -0.05) is 59.1 Å². The monoisotopic (exact) mass is 442 g/mol. The number of unbranched alkanes of at least 4 members (excludes halogenated alkanes) is 3. The molecule has 0 spiro atoms. The molecule has 0 aliphatic rings. The van der Waals surface area contributed by atoms with E-state index in [2.05, 4.69) is 0 Å². The van der Waals surface area contributed by atoms with Crippen molar-refractivity contribution in [2.45, 2.75) is 85.0 Å². The molecule has 5 heteroatoms. The molecule has 0 amide bonds. The predicted octanol–water partition coefficient (Wildman–Crippen LogP) is 6.44. The summed E-state index contributed by atoms with van der Waals surface area (Å²) in [5, 5.41) is 31.1. The van der Waals surface area contributed by atoms with Crippen LogP contribution in [-0.2, 0) is 18.3 Å². The van der Waals surface area contributed by atoms with E-state index in [1.165, 1.54) is 6.92 Å². The highest BCUT2D eigenvalue weighted by atomic mass is 16.5. The van der Waals surface area contributed by atoms with E-state index < -0.39 is 0 Å². The van der Waals surface area contributed by atoms with Gasteiger partial charge in [0.2, 0.25) is 0 Å². The lowest BCUT2D eigenvalue weighted by Crippen LogP contribution is -2.11. The molecule has 0 heterocycles. The SMILES string of the molecule is CCCc1c(OCCCCCCc2ccc(C(C)(C)C)c(O)c2O)ccc(C(C)=O)c1O. The molecule has 0 bridgehead atoms. The minimum Gasteiger partial charge on any atom is -0.507 e. The van der Waals surface area contributed by atoms with Crippen LogP contribution in [0, 0.1) is 0 Å². The number of ketones is 1. The number of rotatable bonds is 11. The molecule has 2 rings (SSSR count). The van der Waals surface area contributed by atoms with Gasteiger partial charge in [-0.25, -0.2) is 0 Å². The average molecular weight is 443 g/mol. The standard InChI is InChI=1S/C27H38O5/c1-6-11-21-23(16-14-20(18(2)28)25(21)30)32-17-10-8-7-9-12-19-13-15-22(27(3,4)5)26(31)24(19)29/h13-16,29-31H,6-12,17H2,1-5H3. The van der Waals surface area contributed by atoms with Gasteiger partial charge in [-0.05, 0) is 55.7 Å². The lowest BCUT2D eigenvalue weighted by Gasteiger charge is -2.21. The molecule has 176 valence electrons. The van der Waals surface area contributed by atoms with Crippen molar-refractivity contribution in [1.29, 1.82) is 0 Å². The molecule has 3 N–H and O–H groups in total. The van der Waals surface area contributed by atoms with Gasteiger partial charge in [0.15, 0.2) is 17.3 Å². The minimum atomic E-state index is -0.222. The summed E-state index contributed by atoms with van der Waals surface area (Å²) < 4.78 is 5.91. The molecule has 0 radical (unpaired) electrons. The van der Waals surface area contributed by atoms with E-state index in [0.29, 0.717) is 36.3 Å². The van der Waals surface area contributed by atoms with Gasteiger partial charge in [-0.3, -0.25) is 4.79 Å². The maximum atomic E-state index is 11.7. The molecule has 0 fully saturated rings. The second-order valence-electron chi connectivity index (χ2n) is 9.48. The summed E-state index contributed by atoms with van der Waals surface area (Å²) in [5.41, 5.74) is 2.35. The number of carbonyl (C=O) groups is 1. The van der Waals surface area contributed by atoms with E-state index in [9.17, 15) is 20.1 Å². The van der Waals surface area contributed by atoms with Crippen molar-refractivity contribution in [1.82, 2.24) is 0 Å². The van der Waals surface area contributed by atoms with Crippen LogP contribution in [0.25, 0.3) is 0 Å². The third kappa shape index (κ3) is 6.41. The highest BCUT2D eigenvalue weighted by Gasteiger charge is 2.21. The van der Waals surface area contributed by atoms with Crippen LogP contribution in [0.3, 0.4) is 0 Å². The van der Waals surface area contributed by atoms with Gasteiger partial charge in [0.25, 0.3) is 0 Å². The number of Topliss-reactive ketones (excluding diaryl/α,β-unsaturated/α-hetero) is 1. The van der Waals surface area contributed by atoms with Crippen molar-refractivity contribution in [3.05, 3.63) is 46.5 Å². The zero-order chi connectivity index (χ0) is 23.9. The first kappa shape index (κ1) is 25.6. The number of aryl methyl sites for hydroxylation is 1. The Kier molecular flexibility index (Phi) is 8.99. The van der Waals surface area contributed by atoms with E-state index in [1.54, 1.807) is 12.1 Å². The fourth-order valence-electron chi connectivity index (χ4n) is 3.91. The van der Waals surface area contributed by atoms with Gasteiger partial charge in [0.1, 0.15) is 11.5 Å². The van der Waals surface area contributed by atoms with Crippen LogP contribution < -0.4 is 4.74 Å². The third-order valence-corrected chi connectivity index (χ3v) is 5.76. The number of ether oxygens (including phenoxy) is 1. The average Bonchev–Trinajstić information content (AvgIpc) is 2.71. The largest absolute Gasteiger partial charge is 0.507 e. The summed E-state index contributed by atoms with van der Waals surface area (Å²) in [6.07, 6.45) is 5.98. The summed E-state index contributed by atoms with van der Waals surface area (Å²) >= 11 is 0. The minimum absolute atomic E-state index is 0.00183. The Balaban J connectivity index is 1.82. The second-order valence-corrected chi connectivity index (χ2v) is 9.48. The Bertz CT molecular complexity index is 925. The Morgan fingerprint density at radius 1 is 0.875 bits per heavy atom. The van der Waals surface area contributed by atoms with Crippen LogP contribution in [0.4, 0.5) is 0 Å². The van der Waals surface area contributed by atoms with E-state index in [1.807, 2.05) is 39.8 Å². The predicted molar refractivity (Wildman–Crippen MR) is 128 cm³/mol. The van der Waals surface area contributed by atoms with E-state index >= 15 is 0 Å². The number of carbonyl (C=O) groups excluding carboxylic acids is 1. The Morgan fingerprint density at radius 2 is 1.56 bits per heavy atom. The number of hydrogen-bond donors (Lipinski definition) is 3. The summed E-state index contributed by atoms with van der Waals surface area (Å²) in [5.74, 6) is 0.522. The van der Waals surface area contributed by atoms with Crippen molar-refractivity contribution in [3.63, 3.8) is 0 Å². The molecule has 0 aromatic heterocycles. The van der Waals surface area contributed by atoms with Crippen LogP contribution >= 0.6 is 0 Å². The van der Waals surface area contributed by atoms with Crippen molar-refractivity contribution in [3.8, 4) is 23.0 Å². The highest BCUT2D eigenvalue weighted by molar-refractivity contribution is 5.97. The zero-order valence-corrected chi connectivity index (χ0v) is 20.1. The number of phenols is 3. The van der Waals surface area contributed by atoms with E-state index in [4.69, 9.17) is 4.74 Å². The second kappa shape index (κ2) is 11.3. The van der Waals surface area contributed by atoms with Crippen LogP contribution in [0.1, 0.15) is 93.8 Å². The highest BCUT2D eigenvalue weighted by Crippen LogP contribution is 2.39. The molecular formula is C27H38O5. The molecule has 2 aromatic carbocycles. The topological polar surface area (TPSA) is 87.0 Å². The van der Waals surface area contributed by atoms with E-state index in [-0.39, 0.29) is 28.4 Å². The van der Waals surface area contributed by atoms with Crippen LogP contribution in [0.5, 0.6) is 23.0 Å². The van der Waals surface area contributed by atoms with Crippen molar-refractivity contribution < 1.29 is 24.9 Å². The first-order valence-corrected chi connectivity index (χ1v) is 11.6. The smallest absolute Gasteiger partial charge is 0.163 e. The molecule has 2 aromatic rings. The van der Waals surface area contributed by atoms with Crippen LogP contribution in [0.2, 0.25) is 0 Å². The first-order valence-electron chi connectivity index (χ1n) is 11.6. The first-order chi connectivity index (χ1) is 15.1. The molecular weight excluding hydrogens is 404 g/mol. The van der Waals surface area contributed by atoms with Gasteiger partial charge in [0.05, 0.1) is 12.2 Å². The van der Waals surface area contributed by atoms with Crippen molar-refractivity contribution >= 4 is 5.78 Å². The van der Waals surface area contributed by atoms with Crippen LogP contribution in [-0.4, -0.2) is 27.7 Å². The Morgan fingerprint density at radius 3 is 2.19 bits per heavy atom. The fourth-order valence-corrected chi connectivity index (χ4v) is 3.91. The molecule has 0 aliphatic carbocycles. The maximum absolute atomic E-state index is 11.7. The van der Waals surface area contributed by atoms with Gasteiger partial charge < -0.3 is 20.1 Å². The number of benzene rings is 2. The van der Waals surface area contributed by atoms with Gasteiger partial charge in [-0.2, -0.15) is 0 Å². The Hall–Kier alpha value is -2.69. The molecule has 0 saturated carbocycles. The third-order valence-electron chi connectivity index (χ3n) is 5.76. The molecule has 0 aliphatic heterocycles. The Labute approximate surface area is 192 Å². The van der Waals surface area contributed by atoms with Gasteiger partial charge in [0, 0.05) is 11.1 Å². The molecule has 0 atom stereocenters. The summed E-state index contributed by atoms with van der Waals surface area (Å²) in [6, 6.07) is 7.21. The van der Waals surface area contributed by atoms with Gasteiger partial charge >= 0.3 is 0 Å². The summed E-state index contributed by atoms with van der Waals surface area (Å²) in [7, 11) is 0. The molecule has 0 saturated heterocycles. The van der Waals surface area contributed by atoms with Crippen LogP contribution in [0.15, 0.2) is 24.3 Å². The normalized spacial score (nSPS) is 11.5. The van der Waals surface area contributed by atoms with E-state index in [0.717, 1.165) is 43.2 Å². The summed E-state index contributed by atoms with van der Waals surface area (Å²) in [6.45, 7) is 10.0. The number of aromatic hydroxyl groups is 3. The lowest BCUT2D eigenvalue weighted by molar-refractivity contribution is 0.101. The van der Waals surface area contributed by atoms with Gasteiger partial charge in [-0.15, -0.1) is 0 Å². The molecule has 32 heavy (non-hydrogen) atoms. The number of phenolic OH excluding ortho intramolecular Hbond substituents is 3.